The van der Waals surface area contributed by atoms with E-state index in [1.54, 1.807) is 24.9 Å². The van der Waals surface area contributed by atoms with E-state index in [-0.39, 0.29) is 4.05 Å². The van der Waals surface area contributed by atoms with Gasteiger partial charge in [-0.3, -0.25) is 9.55 Å². The molecule has 20 heavy (non-hydrogen) atoms. The van der Waals surface area contributed by atoms with Crippen molar-refractivity contribution >= 4 is 28.4 Å². The molecule has 0 bridgehead atoms. The van der Waals surface area contributed by atoms with Gasteiger partial charge in [0.25, 0.3) is 0 Å². The van der Waals surface area contributed by atoms with Gasteiger partial charge in [-0.25, -0.2) is 9.97 Å². The average Bonchev–Trinajstić information content (AvgIpc) is 3.03. The number of halogens is 1. The Morgan fingerprint density at radius 2 is 1.95 bits per heavy atom. The zero-order valence-corrected chi connectivity index (χ0v) is 12.7. The van der Waals surface area contributed by atoms with Gasteiger partial charge in [-0.15, -0.1) is 0 Å². The van der Waals surface area contributed by atoms with Gasteiger partial charge in [0.2, 0.25) is 0 Å². The fraction of sp³-hybridized carbons (Fsp3) is 0.0714. The van der Waals surface area contributed by atoms with E-state index in [9.17, 15) is 0 Å². The second kappa shape index (κ2) is 6.00. The second-order valence-electron chi connectivity index (χ2n) is 4.15. The smallest absolute Gasteiger partial charge is 0.158 e. The number of hydrogen-bond acceptors (Lipinski definition) is 4. The van der Waals surface area contributed by atoms with Gasteiger partial charge in [-0.1, -0.05) is 52.9 Å². The first-order valence-electron chi connectivity index (χ1n) is 6.09. The summed E-state index contributed by atoms with van der Waals surface area (Å²) in [6.07, 6.45) is 8.68. The van der Waals surface area contributed by atoms with Crippen LogP contribution in [0.2, 0.25) is 0 Å². The zero-order valence-electron chi connectivity index (χ0n) is 10.5. The molecule has 2 aromatic heterocycles. The van der Waals surface area contributed by atoms with Gasteiger partial charge < -0.3 is 5.32 Å². The van der Waals surface area contributed by atoms with Crippen LogP contribution >= 0.6 is 22.6 Å². The van der Waals surface area contributed by atoms with Crippen LogP contribution in [-0.4, -0.2) is 19.5 Å². The third kappa shape index (κ3) is 2.96. The van der Waals surface area contributed by atoms with E-state index < -0.39 is 0 Å². The highest BCUT2D eigenvalue weighted by molar-refractivity contribution is 14.1. The Morgan fingerprint density at radius 1 is 1.10 bits per heavy atom. The van der Waals surface area contributed by atoms with Crippen molar-refractivity contribution in [1.82, 2.24) is 19.5 Å². The maximum atomic E-state index is 4.53. The summed E-state index contributed by atoms with van der Waals surface area (Å²) in [5.41, 5.74) is 1.20. The number of nitrogens with one attached hydrogen (secondary N) is 1. The number of benzene rings is 1. The topological polar surface area (TPSA) is 55.6 Å². The minimum Gasteiger partial charge on any atom is -0.353 e. The summed E-state index contributed by atoms with van der Waals surface area (Å²) in [6, 6.07) is 10.2. The SMILES string of the molecule is IC(Nc1cncc(-n2ccnc2)n1)c1ccccc1. The molecule has 0 spiro atoms. The Morgan fingerprint density at radius 3 is 2.70 bits per heavy atom. The van der Waals surface area contributed by atoms with E-state index in [2.05, 4.69) is 55.0 Å². The predicted molar refractivity (Wildman–Crippen MR) is 86.0 cm³/mol. The van der Waals surface area contributed by atoms with Gasteiger partial charge in [0.1, 0.15) is 16.2 Å². The molecule has 100 valence electrons. The van der Waals surface area contributed by atoms with Gasteiger partial charge >= 0.3 is 0 Å². The van der Waals surface area contributed by atoms with Crippen LogP contribution in [0.3, 0.4) is 0 Å². The molecule has 5 nitrogen and oxygen atoms in total. The van der Waals surface area contributed by atoms with E-state index in [1.165, 1.54) is 5.56 Å². The first-order valence-corrected chi connectivity index (χ1v) is 7.33. The molecule has 1 aromatic carbocycles. The Bertz CT molecular complexity index is 669. The normalized spacial score (nSPS) is 12.1. The number of imidazole rings is 1. The van der Waals surface area contributed by atoms with E-state index in [0.29, 0.717) is 0 Å². The number of anilines is 1. The Labute approximate surface area is 130 Å². The first-order chi connectivity index (χ1) is 9.83. The van der Waals surface area contributed by atoms with Crippen LogP contribution in [0, 0.1) is 0 Å². The highest BCUT2D eigenvalue weighted by Crippen LogP contribution is 2.24. The lowest BCUT2D eigenvalue weighted by atomic mass is 10.2. The lowest BCUT2D eigenvalue weighted by molar-refractivity contribution is 0.962. The lowest BCUT2D eigenvalue weighted by Gasteiger charge is -2.13. The summed E-state index contributed by atoms with van der Waals surface area (Å²) in [5.74, 6) is 1.48. The van der Waals surface area contributed by atoms with Crippen LogP contribution in [0.1, 0.15) is 9.61 Å². The van der Waals surface area contributed by atoms with E-state index >= 15 is 0 Å². The number of hydrogen-bond donors (Lipinski definition) is 1. The lowest BCUT2D eigenvalue weighted by Crippen LogP contribution is -2.07. The molecule has 0 radical (unpaired) electrons. The quantitative estimate of drug-likeness (QED) is 0.431. The third-order valence-electron chi connectivity index (χ3n) is 2.76. The summed E-state index contributed by atoms with van der Waals surface area (Å²) >= 11 is 2.34. The summed E-state index contributed by atoms with van der Waals surface area (Å²) in [4.78, 5) is 12.7. The fourth-order valence-electron chi connectivity index (χ4n) is 1.78. The van der Waals surface area contributed by atoms with Crippen molar-refractivity contribution in [3.8, 4) is 5.82 Å². The molecule has 3 aromatic rings. The van der Waals surface area contributed by atoms with Crippen molar-refractivity contribution in [3.63, 3.8) is 0 Å². The molecule has 2 heterocycles. The second-order valence-corrected chi connectivity index (χ2v) is 5.40. The molecule has 0 saturated heterocycles. The summed E-state index contributed by atoms with van der Waals surface area (Å²) in [7, 11) is 0. The Balaban J connectivity index is 1.80. The summed E-state index contributed by atoms with van der Waals surface area (Å²) in [5, 5.41) is 3.34. The van der Waals surface area contributed by atoms with E-state index in [1.807, 2.05) is 29.0 Å². The first kappa shape index (κ1) is 13.0. The molecular weight excluding hydrogens is 365 g/mol. The van der Waals surface area contributed by atoms with Gasteiger partial charge in [-0.05, 0) is 5.56 Å². The molecular formula is C14H12IN5. The van der Waals surface area contributed by atoms with Crippen molar-refractivity contribution in [2.45, 2.75) is 4.05 Å². The largest absolute Gasteiger partial charge is 0.353 e. The van der Waals surface area contributed by atoms with Gasteiger partial charge in [-0.2, -0.15) is 0 Å². The summed E-state index contributed by atoms with van der Waals surface area (Å²) < 4.78 is 1.96. The maximum absolute atomic E-state index is 4.53. The van der Waals surface area contributed by atoms with E-state index in [4.69, 9.17) is 0 Å². The molecule has 3 rings (SSSR count). The van der Waals surface area contributed by atoms with Crippen molar-refractivity contribution in [3.05, 3.63) is 67.0 Å². The molecule has 1 N–H and O–H groups in total. The van der Waals surface area contributed by atoms with Crippen LogP contribution in [0.5, 0.6) is 0 Å². The standard InChI is InChI=1S/C14H12IN5/c15-14(11-4-2-1-3-5-11)19-12-8-17-9-13(18-12)20-7-6-16-10-20/h1-10,14H,(H,18,19). The fourth-order valence-corrected chi connectivity index (χ4v) is 2.51. The average molecular weight is 377 g/mol. The van der Waals surface area contributed by atoms with Crippen LogP contribution < -0.4 is 5.32 Å². The number of rotatable bonds is 4. The van der Waals surface area contributed by atoms with Crippen LogP contribution in [0.4, 0.5) is 5.82 Å². The van der Waals surface area contributed by atoms with Gasteiger partial charge in [0.05, 0.1) is 12.4 Å². The maximum Gasteiger partial charge on any atom is 0.158 e. The minimum atomic E-state index is 0.140. The monoisotopic (exact) mass is 377 g/mol. The van der Waals surface area contributed by atoms with Gasteiger partial charge in [0, 0.05) is 12.4 Å². The zero-order chi connectivity index (χ0) is 13.8. The molecule has 0 saturated carbocycles. The molecule has 0 aliphatic carbocycles. The van der Waals surface area contributed by atoms with E-state index in [0.717, 1.165) is 11.6 Å². The molecule has 0 aliphatic rings. The predicted octanol–water partition coefficient (Wildman–Crippen LogP) is 3.21. The number of alkyl halides is 1. The van der Waals surface area contributed by atoms with Crippen LogP contribution in [0.15, 0.2) is 61.4 Å². The third-order valence-corrected chi connectivity index (χ3v) is 3.79. The van der Waals surface area contributed by atoms with Crippen molar-refractivity contribution in [2.75, 3.05) is 5.32 Å². The Kier molecular flexibility index (Phi) is 3.91. The highest BCUT2D eigenvalue weighted by atomic mass is 127. The van der Waals surface area contributed by atoms with Crippen LogP contribution in [-0.2, 0) is 0 Å². The molecule has 6 heteroatoms. The minimum absolute atomic E-state index is 0.140. The van der Waals surface area contributed by atoms with Gasteiger partial charge in [0.15, 0.2) is 5.82 Å². The van der Waals surface area contributed by atoms with Crippen molar-refractivity contribution in [2.24, 2.45) is 0 Å². The molecule has 0 fully saturated rings. The Hall–Kier alpha value is -1.96. The van der Waals surface area contributed by atoms with Crippen molar-refractivity contribution < 1.29 is 0 Å². The number of aromatic nitrogens is 4. The molecule has 1 unspecified atom stereocenters. The molecule has 0 aliphatic heterocycles. The number of nitrogens with zero attached hydrogens (tertiary/aromatic N) is 4. The van der Waals surface area contributed by atoms with Crippen LogP contribution in [0.25, 0.3) is 5.82 Å². The summed E-state index contributed by atoms with van der Waals surface area (Å²) in [6.45, 7) is 0. The molecule has 0 amide bonds. The molecule has 1 atom stereocenters. The highest BCUT2D eigenvalue weighted by Gasteiger charge is 2.08. The van der Waals surface area contributed by atoms with Crippen molar-refractivity contribution in [1.29, 1.82) is 0 Å².